The van der Waals surface area contributed by atoms with Crippen molar-refractivity contribution < 1.29 is 14.3 Å². The Hall–Kier alpha value is -1.59. The van der Waals surface area contributed by atoms with Crippen molar-refractivity contribution in [3.05, 3.63) is 62.8 Å². The Kier molecular flexibility index (Phi) is 4.98. The third-order valence-corrected chi connectivity index (χ3v) is 3.53. The largest absolute Gasteiger partial charge is 0.488 e. The number of nitrogens with zero attached hydrogens (tertiary/aromatic N) is 1. The molecule has 2 aromatic rings. The van der Waals surface area contributed by atoms with E-state index < -0.39 is 0 Å². The molecule has 0 spiro atoms. The van der Waals surface area contributed by atoms with E-state index in [0.29, 0.717) is 20.8 Å². The molecule has 0 saturated heterocycles. The Bertz CT molecular complexity index is 649. The molecule has 2 rings (SSSR count). The average Bonchev–Trinajstić information content (AvgIpc) is 2.40. The van der Waals surface area contributed by atoms with E-state index >= 15 is 0 Å². The molecule has 0 heterocycles. The molecule has 0 radical (unpaired) electrons. The second-order valence-corrected chi connectivity index (χ2v) is 5.22. The fourth-order valence-electron chi connectivity index (χ4n) is 1.58. The standard InChI is InChI=1S/C14H10BrClFNO2/c15-12-5-9(7-18-19)1-4-14(12)20-8-10-2-3-11(17)6-13(10)16/h1-7,19H,8H2/b18-7-. The van der Waals surface area contributed by atoms with Crippen LogP contribution >= 0.6 is 27.5 Å². The van der Waals surface area contributed by atoms with Gasteiger partial charge in [0, 0.05) is 5.56 Å². The summed E-state index contributed by atoms with van der Waals surface area (Å²) in [6.07, 6.45) is 1.31. The lowest BCUT2D eigenvalue weighted by Crippen LogP contribution is -1.98. The fourth-order valence-corrected chi connectivity index (χ4v) is 2.31. The van der Waals surface area contributed by atoms with Gasteiger partial charge in [0.25, 0.3) is 0 Å². The van der Waals surface area contributed by atoms with Crippen molar-refractivity contribution in [2.24, 2.45) is 5.16 Å². The summed E-state index contributed by atoms with van der Waals surface area (Å²) in [7, 11) is 0. The third-order valence-electron chi connectivity index (χ3n) is 2.56. The Morgan fingerprint density at radius 3 is 2.75 bits per heavy atom. The number of hydrogen-bond acceptors (Lipinski definition) is 3. The molecule has 104 valence electrons. The Balaban J connectivity index is 2.11. The van der Waals surface area contributed by atoms with Crippen molar-refractivity contribution in [3.8, 4) is 5.75 Å². The predicted molar refractivity (Wildman–Crippen MR) is 79.3 cm³/mol. The molecular weight excluding hydrogens is 349 g/mol. The van der Waals surface area contributed by atoms with Gasteiger partial charge in [-0.25, -0.2) is 4.39 Å². The van der Waals surface area contributed by atoms with Crippen LogP contribution in [0.1, 0.15) is 11.1 Å². The van der Waals surface area contributed by atoms with Gasteiger partial charge in [0.2, 0.25) is 0 Å². The number of hydrogen-bond donors (Lipinski definition) is 1. The summed E-state index contributed by atoms with van der Waals surface area (Å²) in [5, 5.41) is 11.7. The van der Waals surface area contributed by atoms with Crippen molar-refractivity contribution >= 4 is 33.7 Å². The number of ether oxygens (including phenoxy) is 1. The monoisotopic (exact) mass is 357 g/mol. The van der Waals surface area contributed by atoms with E-state index in [4.69, 9.17) is 21.5 Å². The van der Waals surface area contributed by atoms with Gasteiger partial charge >= 0.3 is 0 Å². The number of halogens is 3. The minimum absolute atomic E-state index is 0.227. The molecule has 0 aliphatic carbocycles. The summed E-state index contributed by atoms with van der Waals surface area (Å²) in [6, 6.07) is 9.39. The van der Waals surface area contributed by atoms with Crippen LogP contribution in [0.5, 0.6) is 5.75 Å². The molecule has 0 saturated carbocycles. The van der Waals surface area contributed by atoms with E-state index in [0.717, 1.165) is 5.56 Å². The van der Waals surface area contributed by atoms with Gasteiger partial charge in [0.15, 0.2) is 0 Å². The molecule has 0 unspecified atom stereocenters. The lowest BCUT2D eigenvalue weighted by atomic mass is 10.2. The van der Waals surface area contributed by atoms with Gasteiger partial charge in [0.05, 0.1) is 15.7 Å². The van der Waals surface area contributed by atoms with Gasteiger partial charge in [-0.15, -0.1) is 0 Å². The van der Waals surface area contributed by atoms with E-state index in [1.54, 1.807) is 24.3 Å². The molecule has 0 atom stereocenters. The Morgan fingerprint density at radius 1 is 1.30 bits per heavy atom. The summed E-state index contributed by atoms with van der Waals surface area (Å²) in [6.45, 7) is 0.227. The SMILES string of the molecule is O/N=C\c1ccc(OCc2ccc(F)cc2Cl)c(Br)c1. The van der Waals surface area contributed by atoms with Crippen molar-refractivity contribution in [2.45, 2.75) is 6.61 Å². The molecule has 2 aromatic carbocycles. The van der Waals surface area contributed by atoms with Crippen molar-refractivity contribution in [1.29, 1.82) is 0 Å². The second kappa shape index (κ2) is 6.72. The van der Waals surface area contributed by atoms with E-state index in [-0.39, 0.29) is 12.4 Å². The number of oxime groups is 1. The van der Waals surface area contributed by atoms with Gasteiger partial charge in [-0.3, -0.25) is 0 Å². The van der Waals surface area contributed by atoms with Crippen LogP contribution in [0.15, 0.2) is 46.0 Å². The maximum absolute atomic E-state index is 12.9. The third kappa shape index (κ3) is 3.71. The van der Waals surface area contributed by atoms with Gasteiger partial charge in [-0.05, 0) is 51.8 Å². The van der Waals surface area contributed by atoms with Crippen LogP contribution in [0, 0.1) is 5.82 Å². The van der Waals surface area contributed by atoms with Gasteiger partial charge in [0.1, 0.15) is 18.2 Å². The van der Waals surface area contributed by atoms with Crippen LogP contribution in [0.2, 0.25) is 5.02 Å². The first-order chi connectivity index (χ1) is 9.60. The topological polar surface area (TPSA) is 41.8 Å². The lowest BCUT2D eigenvalue weighted by molar-refractivity contribution is 0.304. The highest BCUT2D eigenvalue weighted by Gasteiger charge is 2.06. The molecule has 0 aliphatic heterocycles. The van der Waals surface area contributed by atoms with Gasteiger partial charge in [-0.2, -0.15) is 0 Å². The molecular formula is C14H10BrClFNO2. The molecule has 1 N–H and O–H groups in total. The molecule has 0 aromatic heterocycles. The summed E-state index contributed by atoms with van der Waals surface area (Å²) in [5.74, 6) is 0.230. The molecule has 0 bridgehead atoms. The zero-order valence-electron chi connectivity index (χ0n) is 10.2. The summed E-state index contributed by atoms with van der Waals surface area (Å²) in [4.78, 5) is 0. The molecule has 0 amide bonds. The van der Waals surface area contributed by atoms with Crippen LogP contribution in [0.4, 0.5) is 4.39 Å². The second-order valence-electron chi connectivity index (χ2n) is 3.96. The zero-order chi connectivity index (χ0) is 14.5. The van der Waals surface area contributed by atoms with E-state index in [2.05, 4.69) is 21.1 Å². The van der Waals surface area contributed by atoms with Crippen LogP contribution in [-0.4, -0.2) is 11.4 Å². The fraction of sp³-hybridized carbons (Fsp3) is 0.0714. The van der Waals surface area contributed by atoms with Crippen molar-refractivity contribution in [2.75, 3.05) is 0 Å². The Labute approximate surface area is 128 Å². The number of benzene rings is 2. The summed E-state index contributed by atoms with van der Waals surface area (Å²) < 4.78 is 19.3. The van der Waals surface area contributed by atoms with Crippen LogP contribution in [0.3, 0.4) is 0 Å². The first kappa shape index (κ1) is 14.8. The van der Waals surface area contributed by atoms with Crippen LogP contribution < -0.4 is 4.74 Å². The minimum atomic E-state index is -0.382. The maximum atomic E-state index is 12.9. The quantitative estimate of drug-likeness (QED) is 0.492. The van der Waals surface area contributed by atoms with Crippen molar-refractivity contribution in [1.82, 2.24) is 0 Å². The molecule has 20 heavy (non-hydrogen) atoms. The molecule has 0 aliphatic rings. The minimum Gasteiger partial charge on any atom is -0.488 e. The lowest BCUT2D eigenvalue weighted by Gasteiger charge is -2.10. The predicted octanol–water partition coefficient (Wildman–Crippen LogP) is 4.63. The molecule has 6 heteroatoms. The van der Waals surface area contributed by atoms with E-state index in [9.17, 15) is 4.39 Å². The maximum Gasteiger partial charge on any atom is 0.134 e. The highest BCUT2D eigenvalue weighted by molar-refractivity contribution is 9.10. The highest BCUT2D eigenvalue weighted by atomic mass is 79.9. The van der Waals surface area contributed by atoms with Crippen LogP contribution in [0.25, 0.3) is 0 Å². The van der Waals surface area contributed by atoms with Crippen molar-refractivity contribution in [3.63, 3.8) is 0 Å². The molecule has 3 nitrogen and oxygen atoms in total. The molecule has 0 fully saturated rings. The van der Waals surface area contributed by atoms with Gasteiger partial charge < -0.3 is 9.94 Å². The first-order valence-corrected chi connectivity index (χ1v) is 6.81. The summed E-state index contributed by atoms with van der Waals surface area (Å²) >= 11 is 9.28. The number of rotatable bonds is 4. The van der Waals surface area contributed by atoms with Gasteiger partial charge in [-0.1, -0.05) is 22.8 Å². The Morgan fingerprint density at radius 2 is 2.10 bits per heavy atom. The van der Waals surface area contributed by atoms with Crippen LogP contribution in [-0.2, 0) is 6.61 Å². The van der Waals surface area contributed by atoms with E-state index in [1.165, 1.54) is 18.3 Å². The zero-order valence-corrected chi connectivity index (χ0v) is 12.5. The average molecular weight is 359 g/mol. The normalized spacial score (nSPS) is 10.9. The smallest absolute Gasteiger partial charge is 0.134 e. The first-order valence-electron chi connectivity index (χ1n) is 5.64. The summed E-state index contributed by atoms with van der Waals surface area (Å²) in [5.41, 5.74) is 1.42. The highest BCUT2D eigenvalue weighted by Crippen LogP contribution is 2.27. The van der Waals surface area contributed by atoms with E-state index in [1.807, 2.05) is 0 Å².